The van der Waals surface area contributed by atoms with Crippen molar-refractivity contribution in [3.8, 4) is 0 Å². The van der Waals surface area contributed by atoms with E-state index in [1.807, 2.05) is 0 Å². The molecule has 0 spiro atoms. The van der Waals surface area contributed by atoms with Crippen molar-refractivity contribution in [3.05, 3.63) is 24.3 Å². The Morgan fingerprint density at radius 3 is 2.44 bits per heavy atom. The van der Waals surface area contributed by atoms with Crippen LogP contribution in [-0.4, -0.2) is 12.2 Å². The Hall–Kier alpha value is -0.560. The minimum atomic E-state index is 0.320. The van der Waals surface area contributed by atoms with Crippen molar-refractivity contribution in [1.29, 1.82) is 0 Å². The molecule has 0 radical (unpaired) electrons. The van der Waals surface area contributed by atoms with Gasteiger partial charge in [0.15, 0.2) is 0 Å². The van der Waals surface area contributed by atoms with Crippen LogP contribution in [0.2, 0.25) is 0 Å². The normalized spacial score (nSPS) is 29.4. The van der Waals surface area contributed by atoms with E-state index in [1.54, 1.807) is 0 Å². The minimum absolute atomic E-state index is 0.320. The number of hydrogen-bond donors (Lipinski definition) is 0. The maximum Gasteiger partial charge on any atom is 0.0764 e. The van der Waals surface area contributed by atoms with Crippen molar-refractivity contribution in [3.63, 3.8) is 0 Å². The molecule has 0 unspecified atom stereocenters. The van der Waals surface area contributed by atoms with Crippen molar-refractivity contribution < 1.29 is 4.74 Å². The fourth-order valence-electron chi connectivity index (χ4n) is 2.02. The Balaban J connectivity index is 2.30. The highest BCUT2D eigenvalue weighted by molar-refractivity contribution is 5.02. The van der Waals surface area contributed by atoms with Gasteiger partial charge in [-0.3, -0.25) is 0 Å². The van der Waals surface area contributed by atoms with Gasteiger partial charge < -0.3 is 4.74 Å². The fraction of sp³-hybridized carbons (Fsp3) is 0.733. The van der Waals surface area contributed by atoms with E-state index in [2.05, 4.69) is 38.2 Å². The molecule has 0 aromatic heterocycles. The van der Waals surface area contributed by atoms with E-state index < -0.39 is 0 Å². The summed E-state index contributed by atoms with van der Waals surface area (Å²) in [7, 11) is 0. The molecular weight excluding hydrogens is 196 g/mol. The van der Waals surface area contributed by atoms with Crippen LogP contribution in [0, 0.1) is 0 Å². The molecule has 1 nitrogen and oxygen atoms in total. The molecule has 92 valence electrons. The lowest BCUT2D eigenvalue weighted by Crippen LogP contribution is -2.19. The van der Waals surface area contributed by atoms with Gasteiger partial charge in [0, 0.05) is 0 Å². The van der Waals surface area contributed by atoms with Crippen LogP contribution in [0.1, 0.15) is 58.8 Å². The second kappa shape index (κ2) is 8.58. The van der Waals surface area contributed by atoms with Gasteiger partial charge in [-0.25, -0.2) is 0 Å². The van der Waals surface area contributed by atoms with Crippen molar-refractivity contribution in [1.82, 2.24) is 0 Å². The SMILES string of the molecule is CCCCCC[C@H]1/C=C\C/C=C\[C@@H](CC)O1. The van der Waals surface area contributed by atoms with E-state index in [9.17, 15) is 0 Å². The summed E-state index contributed by atoms with van der Waals surface area (Å²) in [4.78, 5) is 0. The average Bonchev–Trinajstić information content (AvgIpc) is 2.27. The lowest BCUT2D eigenvalue weighted by atomic mass is 10.1. The molecule has 0 saturated heterocycles. The second-order valence-electron chi connectivity index (χ2n) is 4.56. The summed E-state index contributed by atoms with van der Waals surface area (Å²) in [5, 5.41) is 0. The predicted octanol–water partition coefficient (Wildman–Crippen LogP) is 4.64. The van der Waals surface area contributed by atoms with Gasteiger partial charge in [0.05, 0.1) is 12.2 Å². The quantitative estimate of drug-likeness (QED) is 0.470. The zero-order chi connectivity index (χ0) is 11.6. The average molecular weight is 222 g/mol. The molecule has 0 aromatic carbocycles. The Kier molecular flexibility index (Phi) is 7.24. The summed E-state index contributed by atoms with van der Waals surface area (Å²) < 4.78 is 6.05. The molecule has 0 aromatic rings. The number of unbranched alkanes of at least 4 members (excludes halogenated alkanes) is 3. The van der Waals surface area contributed by atoms with Gasteiger partial charge in [-0.15, -0.1) is 0 Å². The molecular formula is C15H26O. The van der Waals surface area contributed by atoms with E-state index >= 15 is 0 Å². The molecule has 1 rings (SSSR count). The van der Waals surface area contributed by atoms with Crippen molar-refractivity contribution in [2.45, 2.75) is 71.0 Å². The number of allylic oxidation sites excluding steroid dienone is 2. The van der Waals surface area contributed by atoms with Crippen molar-refractivity contribution >= 4 is 0 Å². The summed E-state index contributed by atoms with van der Waals surface area (Å²) in [6.07, 6.45) is 18.2. The van der Waals surface area contributed by atoms with Gasteiger partial charge in [0.25, 0.3) is 0 Å². The van der Waals surface area contributed by atoms with Crippen LogP contribution in [-0.2, 0) is 4.74 Å². The minimum Gasteiger partial charge on any atom is -0.367 e. The first-order valence-electron chi connectivity index (χ1n) is 6.85. The first-order valence-corrected chi connectivity index (χ1v) is 6.85. The van der Waals surface area contributed by atoms with Crippen LogP contribution in [0.3, 0.4) is 0 Å². The highest BCUT2D eigenvalue weighted by atomic mass is 16.5. The maximum absolute atomic E-state index is 6.05. The van der Waals surface area contributed by atoms with Crippen molar-refractivity contribution in [2.75, 3.05) is 0 Å². The molecule has 0 aliphatic carbocycles. The van der Waals surface area contributed by atoms with E-state index in [4.69, 9.17) is 4.74 Å². The monoisotopic (exact) mass is 222 g/mol. The van der Waals surface area contributed by atoms with Gasteiger partial charge in [-0.1, -0.05) is 63.8 Å². The van der Waals surface area contributed by atoms with Crippen LogP contribution < -0.4 is 0 Å². The Labute approximate surface area is 101 Å². The zero-order valence-electron chi connectivity index (χ0n) is 10.8. The molecule has 2 atom stereocenters. The van der Waals surface area contributed by atoms with Gasteiger partial charge in [0.2, 0.25) is 0 Å². The van der Waals surface area contributed by atoms with Gasteiger partial charge in [-0.05, 0) is 19.3 Å². The number of rotatable bonds is 6. The topological polar surface area (TPSA) is 9.23 Å². The lowest BCUT2D eigenvalue weighted by Gasteiger charge is -2.21. The Morgan fingerprint density at radius 1 is 1.00 bits per heavy atom. The summed E-state index contributed by atoms with van der Waals surface area (Å²) >= 11 is 0. The van der Waals surface area contributed by atoms with Gasteiger partial charge >= 0.3 is 0 Å². The van der Waals surface area contributed by atoms with E-state index in [1.165, 1.54) is 32.1 Å². The second-order valence-corrected chi connectivity index (χ2v) is 4.56. The van der Waals surface area contributed by atoms with E-state index in [0.717, 1.165) is 12.8 Å². The van der Waals surface area contributed by atoms with Crippen LogP contribution in [0.25, 0.3) is 0 Å². The van der Waals surface area contributed by atoms with Crippen LogP contribution in [0.4, 0.5) is 0 Å². The molecule has 0 bridgehead atoms. The molecule has 0 fully saturated rings. The van der Waals surface area contributed by atoms with E-state index in [0.29, 0.717) is 12.2 Å². The van der Waals surface area contributed by atoms with Crippen LogP contribution in [0.5, 0.6) is 0 Å². The third-order valence-corrected chi connectivity index (χ3v) is 3.07. The highest BCUT2D eigenvalue weighted by Crippen LogP contribution is 2.15. The smallest absolute Gasteiger partial charge is 0.0764 e. The summed E-state index contributed by atoms with van der Waals surface area (Å²) in [5.41, 5.74) is 0. The largest absolute Gasteiger partial charge is 0.367 e. The predicted molar refractivity (Wildman–Crippen MR) is 70.6 cm³/mol. The van der Waals surface area contributed by atoms with Gasteiger partial charge in [-0.2, -0.15) is 0 Å². The Bertz CT molecular complexity index is 217. The molecule has 1 aliphatic rings. The Morgan fingerprint density at radius 2 is 1.75 bits per heavy atom. The number of ether oxygens (including phenoxy) is 1. The third kappa shape index (κ3) is 5.50. The molecule has 1 heterocycles. The molecule has 0 amide bonds. The lowest BCUT2D eigenvalue weighted by molar-refractivity contribution is 0.0327. The van der Waals surface area contributed by atoms with Crippen LogP contribution in [0.15, 0.2) is 24.3 Å². The molecule has 0 saturated carbocycles. The summed E-state index contributed by atoms with van der Waals surface area (Å²) in [6, 6.07) is 0. The third-order valence-electron chi connectivity index (χ3n) is 3.07. The maximum atomic E-state index is 6.05. The van der Waals surface area contributed by atoms with E-state index in [-0.39, 0.29) is 0 Å². The molecule has 1 aliphatic heterocycles. The first-order chi connectivity index (χ1) is 7.86. The molecule has 0 N–H and O–H groups in total. The number of hydrogen-bond acceptors (Lipinski definition) is 1. The first kappa shape index (κ1) is 13.5. The molecule has 1 heteroatoms. The molecule has 16 heavy (non-hydrogen) atoms. The summed E-state index contributed by atoms with van der Waals surface area (Å²) in [5.74, 6) is 0. The fourth-order valence-corrected chi connectivity index (χ4v) is 2.02. The highest BCUT2D eigenvalue weighted by Gasteiger charge is 2.11. The zero-order valence-corrected chi connectivity index (χ0v) is 10.8. The van der Waals surface area contributed by atoms with Crippen molar-refractivity contribution in [2.24, 2.45) is 0 Å². The standard InChI is InChI=1S/C15H26O/c1-3-5-6-8-12-15-13-10-7-9-11-14(4-2)16-15/h9-11,13-15H,3-8,12H2,1-2H3/b11-9-,13-10-/t14-,15+/m1/s1. The van der Waals surface area contributed by atoms with Gasteiger partial charge in [0.1, 0.15) is 0 Å². The summed E-state index contributed by atoms with van der Waals surface area (Å²) in [6.45, 7) is 4.44. The van der Waals surface area contributed by atoms with Crippen LogP contribution >= 0.6 is 0 Å².